The Morgan fingerprint density at radius 3 is 2.92 bits per heavy atom. The maximum atomic E-state index is 7.16. The molecule has 0 radical (unpaired) electrons. The van der Waals surface area contributed by atoms with Crippen LogP contribution in [0.2, 0.25) is 0 Å². The maximum absolute atomic E-state index is 7.16. The Bertz CT molecular complexity index is 282. The van der Waals surface area contributed by atoms with Gasteiger partial charge in [0.1, 0.15) is 12.1 Å². The van der Waals surface area contributed by atoms with Gasteiger partial charge in [-0.2, -0.15) is 0 Å². The molecule has 0 aliphatic rings. The second-order valence-electron chi connectivity index (χ2n) is 2.40. The molecule has 4 nitrogen and oxygen atoms in total. The van der Waals surface area contributed by atoms with Gasteiger partial charge in [0.2, 0.25) is 0 Å². The van der Waals surface area contributed by atoms with E-state index in [1.165, 1.54) is 12.5 Å². The highest BCUT2D eigenvalue weighted by atomic mass is 15.0. The Morgan fingerprint density at radius 1 is 1.58 bits per heavy atom. The maximum Gasteiger partial charge on any atom is 0.138 e. The second-order valence-corrected chi connectivity index (χ2v) is 2.40. The molecule has 1 aromatic heterocycles. The molecule has 0 saturated heterocycles. The van der Waals surface area contributed by atoms with Gasteiger partial charge in [0.15, 0.2) is 0 Å². The monoisotopic (exact) mass is 164 g/mol. The predicted molar refractivity (Wildman–Crippen MR) is 48.8 cm³/mol. The molecule has 0 spiro atoms. The number of nitrogens with one attached hydrogen (secondary N) is 2. The summed E-state index contributed by atoms with van der Waals surface area (Å²) in [4.78, 5) is 8.02. The molecule has 2 N–H and O–H groups in total. The van der Waals surface area contributed by atoms with Crippen LogP contribution in [0.25, 0.3) is 0 Å². The summed E-state index contributed by atoms with van der Waals surface area (Å²) in [6.07, 6.45) is 2.77. The van der Waals surface area contributed by atoms with Gasteiger partial charge in [0.05, 0.1) is 11.3 Å². The summed E-state index contributed by atoms with van der Waals surface area (Å²) in [5.41, 5.74) is 1.59. The molecular weight excluding hydrogens is 152 g/mol. The Kier molecular flexibility index (Phi) is 2.74. The van der Waals surface area contributed by atoms with Crippen LogP contribution in [-0.2, 0) is 0 Å². The Labute approximate surface area is 71.6 Å². The molecule has 1 aromatic rings. The minimum Gasteiger partial charge on any atom is -0.370 e. The van der Waals surface area contributed by atoms with E-state index in [9.17, 15) is 0 Å². The molecule has 0 fully saturated rings. The molecule has 0 aliphatic heterocycles. The molecule has 12 heavy (non-hydrogen) atoms. The average Bonchev–Trinajstić information content (AvgIpc) is 2.05. The van der Waals surface area contributed by atoms with Crippen molar-refractivity contribution in [2.75, 3.05) is 11.9 Å². The van der Waals surface area contributed by atoms with Gasteiger partial charge in [-0.15, -0.1) is 0 Å². The molecule has 1 heterocycles. The van der Waals surface area contributed by atoms with E-state index in [4.69, 9.17) is 5.41 Å². The number of aromatic nitrogens is 2. The van der Waals surface area contributed by atoms with Crippen molar-refractivity contribution in [1.82, 2.24) is 9.97 Å². The third-order valence-corrected chi connectivity index (χ3v) is 1.57. The van der Waals surface area contributed by atoms with Crippen LogP contribution in [0.1, 0.15) is 18.2 Å². The van der Waals surface area contributed by atoms with E-state index in [2.05, 4.69) is 15.3 Å². The van der Waals surface area contributed by atoms with Crippen LogP contribution in [0.4, 0.5) is 5.82 Å². The summed E-state index contributed by atoms with van der Waals surface area (Å²) in [6, 6.07) is 0. The van der Waals surface area contributed by atoms with E-state index in [-0.39, 0.29) is 0 Å². The summed E-state index contributed by atoms with van der Waals surface area (Å²) in [5, 5.41) is 10.2. The molecule has 0 unspecified atom stereocenters. The first-order valence-electron chi connectivity index (χ1n) is 3.85. The van der Waals surface area contributed by atoms with Crippen LogP contribution in [0, 0.1) is 12.3 Å². The number of hydrogen-bond donors (Lipinski definition) is 2. The smallest absolute Gasteiger partial charge is 0.138 e. The molecule has 0 bridgehead atoms. The number of aryl methyl sites for hydroxylation is 1. The van der Waals surface area contributed by atoms with Crippen LogP contribution in [0.15, 0.2) is 6.33 Å². The standard InChI is InChI=1S/C8H12N4/c1-3-10-8-7(4-9)6(2)11-5-12-8/h4-5,9H,3H2,1-2H3,(H,10,11,12). The van der Waals surface area contributed by atoms with Gasteiger partial charge in [-0.25, -0.2) is 9.97 Å². The van der Waals surface area contributed by atoms with Crippen molar-refractivity contribution in [1.29, 1.82) is 5.41 Å². The van der Waals surface area contributed by atoms with Crippen LogP contribution < -0.4 is 5.32 Å². The molecule has 0 saturated carbocycles. The second kappa shape index (κ2) is 3.80. The topological polar surface area (TPSA) is 61.7 Å². The first kappa shape index (κ1) is 8.64. The molecule has 64 valence electrons. The highest BCUT2D eigenvalue weighted by molar-refractivity contribution is 5.85. The molecule has 0 aliphatic carbocycles. The zero-order valence-corrected chi connectivity index (χ0v) is 7.26. The lowest BCUT2D eigenvalue weighted by Gasteiger charge is -2.06. The summed E-state index contributed by atoms with van der Waals surface area (Å²) >= 11 is 0. The third kappa shape index (κ3) is 1.58. The summed E-state index contributed by atoms with van der Waals surface area (Å²) in [5.74, 6) is 0.736. The number of nitrogens with zero attached hydrogens (tertiary/aromatic N) is 2. The molecule has 1 rings (SSSR count). The molecule has 0 amide bonds. The zero-order valence-electron chi connectivity index (χ0n) is 7.26. The predicted octanol–water partition coefficient (Wildman–Crippen LogP) is 1.21. The van der Waals surface area contributed by atoms with Crippen molar-refractivity contribution >= 4 is 12.0 Å². The molecule has 0 atom stereocenters. The number of hydrogen-bond acceptors (Lipinski definition) is 4. The summed E-state index contributed by atoms with van der Waals surface area (Å²) < 4.78 is 0. The Morgan fingerprint density at radius 2 is 2.33 bits per heavy atom. The normalized spacial score (nSPS) is 9.50. The summed E-state index contributed by atoms with van der Waals surface area (Å²) in [7, 11) is 0. The van der Waals surface area contributed by atoms with E-state index < -0.39 is 0 Å². The quantitative estimate of drug-likeness (QED) is 0.660. The van der Waals surface area contributed by atoms with Gasteiger partial charge in [-0.1, -0.05) is 0 Å². The van der Waals surface area contributed by atoms with E-state index in [1.807, 2.05) is 13.8 Å². The van der Waals surface area contributed by atoms with Gasteiger partial charge in [0.25, 0.3) is 0 Å². The first-order valence-corrected chi connectivity index (χ1v) is 3.85. The molecular formula is C8H12N4. The van der Waals surface area contributed by atoms with E-state index in [1.54, 1.807) is 0 Å². The Balaban J connectivity index is 3.09. The van der Waals surface area contributed by atoms with Gasteiger partial charge in [-0.3, -0.25) is 0 Å². The highest BCUT2D eigenvalue weighted by Gasteiger charge is 2.03. The van der Waals surface area contributed by atoms with Gasteiger partial charge < -0.3 is 10.7 Å². The van der Waals surface area contributed by atoms with Crippen LogP contribution in [0.5, 0.6) is 0 Å². The minimum absolute atomic E-state index is 0.736. The van der Waals surface area contributed by atoms with Crippen LogP contribution in [-0.4, -0.2) is 22.7 Å². The molecule has 4 heteroatoms. The fourth-order valence-corrected chi connectivity index (χ4v) is 0.965. The largest absolute Gasteiger partial charge is 0.370 e. The van der Waals surface area contributed by atoms with Crippen molar-refractivity contribution in [2.24, 2.45) is 0 Å². The zero-order chi connectivity index (χ0) is 8.97. The number of anilines is 1. The van der Waals surface area contributed by atoms with Crippen molar-refractivity contribution in [3.63, 3.8) is 0 Å². The SMILES string of the molecule is CCNc1ncnc(C)c1C=N. The highest BCUT2D eigenvalue weighted by Crippen LogP contribution is 2.10. The summed E-state index contributed by atoms with van der Waals surface area (Å²) in [6.45, 7) is 4.66. The van der Waals surface area contributed by atoms with Crippen molar-refractivity contribution in [3.8, 4) is 0 Å². The van der Waals surface area contributed by atoms with E-state index in [0.717, 1.165) is 23.6 Å². The third-order valence-electron chi connectivity index (χ3n) is 1.57. The lowest BCUT2D eigenvalue weighted by molar-refractivity contribution is 1.06. The van der Waals surface area contributed by atoms with Crippen LogP contribution in [0.3, 0.4) is 0 Å². The van der Waals surface area contributed by atoms with Crippen molar-refractivity contribution in [2.45, 2.75) is 13.8 Å². The van der Waals surface area contributed by atoms with Gasteiger partial charge >= 0.3 is 0 Å². The minimum atomic E-state index is 0.736. The van der Waals surface area contributed by atoms with Crippen molar-refractivity contribution in [3.05, 3.63) is 17.6 Å². The van der Waals surface area contributed by atoms with Gasteiger partial charge in [0, 0.05) is 12.8 Å². The fourth-order valence-electron chi connectivity index (χ4n) is 0.965. The van der Waals surface area contributed by atoms with Crippen molar-refractivity contribution < 1.29 is 0 Å². The van der Waals surface area contributed by atoms with Crippen LogP contribution >= 0.6 is 0 Å². The van der Waals surface area contributed by atoms with Gasteiger partial charge in [-0.05, 0) is 13.8 Å². The number of rotatable bonds is 3. The lowest BCUT2D eigenvalue weighted by atomic mass is 10.2. The Hall–Kier alpha value is -1.45. The first-order chi connectivity index (χ1) is 5.79. The average molecular weight is 164 g/mol. The van der Waals surface area contributed by atoms with E-state index >= 15 is 0 Å². The molecule has 0 aromatic carbocycles. The fraction of sp³-hybridized carbons (Fsp3) is 0.375. The lowest BCUT2D eigenvalue weighted by Crippen LogP contribution is -2.05. The van der Waals surface area contributed by atoms with E-state index in [0.29, 0.717) is 0 Å².